The highest BCUT2D eigenvalue weighted by Gasteiger charge is 2.35. The summed E-state index contributed by atoms with van der Waals surface area (Å²) >= 11 is 0. The number of ether oxygens (including phenoxy) is 6. The second-order valence-electron chi connectivity index (χ2n) is 14.1. The van der Waals surface area contributed by atoms with E-state index in [-0.39, 0.29) is 42.6 Å². The van der Waals surface area contributed by atoms with Crippen LogP contribution in [-0.2, 0) is 18.9 Å². The molecule has 2 fully saturated rings. The molecule has 0 aliphatic carbocycles. The molecule has 54 heavy (non-hydrogen) atoms. The van der Waals surface area contributed by atoms with Gasteiger partial charge in [0, 0.05) is 51.5 Å². The smallest absolute Gasteiger partial charge is 0.410 e. The van der Waals surface area contributed by atoms with Gasteiger partial charge >= 0.3 is 12.1 Å². The summed E-state index contributed by atoms with van der Waals surface area (Å²) in [6.07, 6.45) is 1.30. The molecule has 2 aliphatic heterocycles. The maximum atomic E-state index is 16.0. The van der Waals surface area contributed by atoms with Crippen LogP contribution < -0.4 is 19.7 Å². The van der Waals surface area contributed by atoms with E-state index in [1.807, 2.05) is 4.90 Å². The summed E-state index contributed by atoms with van der Waals surface area (Å²) in [5.41, 5.74) is -0.0398. The van der Waals surface area contributed by atoms with Gasteiger partial charge in [0.1, 0.15) is 28.8 Å². The Bertz CT molecular complexity index is 1770. The van der Waals surface area contributed by atoms with Gasteiger partial charge in [0.15, 0.2) is 25.2 Å². The minimum absolute atomic E-state index is 0.0244. The number of anilines is 1. The number of nitrogens with zero attached hydrogens (tertiary/aromatic N) is 2. The van der Waals surface area contributed by atoms with Crippen molar-refractivity contribution in [3.63, 3.8) is 0 Å². The van der Waals surface area contributed by atoms with Gasteiger partial charge in [-0.1, -0.05) is 12.1 Å². The number of likely N-dealkylation sites (tertiary alicyclic amines) is 1. The second kappa shape index (κ2) is 18.2. The molecule has 290 valence electrons. The number of halogens is 1. The third kappa shape index (κ3) is 10.3. The van der Waals surface area contributed by atoms with Crippen molar-refractivity contribution in [2.75, 3.05) is 58.9 Å². The molecule has 0 saturated carbocycles. The molecule has 14 heteroatoms. The standard InChI is InChI=1S/C40H48FN3O10/c1-40(2,3)54-39(48)44-22-8-9-32(30(23-44)42-37(46)27-14-16-29(17-15-27)51-24-49-4)53-38(47)28-12-10-26(11-13-28)36(45)34-33(52-25-50-5)19-18-31(35(34)41)43-20-6-7-21-43/h10-19,30,32H,6-9,20-25H2,1-5H3,(H,42,46)/t30-,32-/m1/s1. The Kier molecular flexibility index (Phi) is 13.5. The summed E-state index contributed by atoms with van der Waals surface area (Å²) in [6.45, 7) is 6.88. The van der Waals surface area contributed by atoms with E-state index < -0.39 is 47.3 Å². The maximum Gasteiger partial charge on any atom is 0.410 e. The van der Waals surface area contributed by atoms with Crippen LogP contribution in [-0.4, -0.2) is 100 Å². The lowest BCUT2D eigenvalue weighted by Crippen LogP contribution is -2.51. The molecular formula is C40H48FN3O10. The van der Waals surface area contributed by atoms with Crippen LogP contribution in [0, 0.1) is 5.82 Å². The molecule has 0 aromatic heterocycles. The molecule has 2 atom stereocenters. The molecule has 3 aromatic rings. The molecule has 2 amide bonds. The van der Waals surface area contributed by atoms with Crippen LogP contribution in [0.5, 0.6) is 11.5 Å². The molecule has 0 unspecified atom stereocenters. The monoisotopic (exact) mass is 749 g/mol. The van der Waals surface area contributed by atoms with Crippen molar-refractivity contribution in [2.24, 2.45) is 0 Å². The zero-order chi connectivity index (χ0) is 38.8. The zero-order valence-corrected chi connectivity index (χ0v) is 31.4. The normalized spacial score (nSPS) is 17.4. The third-order valence-electron chi connectivity index (χ3n) is 8.94. The van der Waals surface area contributed by atoms with E-state index in [0.29, 0.717) is 49.5 Å². The molecule has 0 radical (unpaired) electrons. The first kappa shape index (κ1) is 40.0. The SMILES string of the molecule is COCOc1ccc(C(=O)N[C@@H]2CN(C(=O)OC(C)(C)C)CCC[C@H]2OC(=O)c2ccc(C(=O)c3c(OCOC)ccc(N4CCCC4)c3F)cc2)cc1. The molecular weight excluding hydrogens is 701 g/mol. The Labute approximate surface area is 314 Å². The van der Waals surface area contributed by atoms with Crippen LogP contribution in [0.2, 0.25) is 0 Å². The first-order chi connectivity index (χ1) is 25.9. The topological polar surface area (TPSA) is 142 Å². The average molecular weight is 750 g/mol. The molecule has 0 spiro atoms. The first-order valence-electron chi connectivity index (χ1n) is 17.9. The fourth-order valence-corrected chi connectivity index (χ4v) is 6.30. The molecule has 2 heterocycles. The van der Waals surface area contributed by atoms with Gasteiger partial charge in [0.25, 0.3) is 5.91 Å². The Balaban J connectivity index is 1.34. The number of methoxy groups -OCH3 is 2. The summed E-state index contributed by atoms with van der Waals surface area (Å²) in [5.74, 6) is -1.89. The van der Waals surface area contributed by atoms with E-state index in [1.165, 1.54) is 43.4 Å². The number of hydrogen-bond acceptors (Lipinski definition) is 11. The van der Waals surface area contributed by atoms with Crippen LogP contribution in [0.15, 0.2) is 60.7 Å². The Hall–Kier alpha value is -5.21. The minimum Gasteiger partial charge on any atom is -0.468 e. The average Bonchev–Trinajstić information content (AvgIpc) is 3.61. The van der Waals surface area contributed by atoms with E-state index in [4.69, 9.17) is 28.4 Å². The summed E-state index contributed by atoms with van der Waals surface area (Å²) < 4.78 is 48.5. The zero-order valence-electron chi connectivity index (χ0n) is 31.4. The van der Waals surface area contributed by atoms with Crippen LogP contribution >= 0.6 is 0 Å². The van der Waals surface area contributed by atoms with Crippen LogP contribution in [0.3, 0.4) is 0 Å². The lowest BCUT2D eigenvalue weighted by atomic mass is 9.99. The molecule has 5 rings (SSSR count). The van der Waals surface area contributed by atoms with Gasteiger partial charge in [-0.05, 0) is 95.0 Å². The van der Waals surface area contributed by atoms with Crippen molar-refractivity contribution < 1.29 is 52.0 Å². The van der Waals surface area contributed by atoms with Gasteiger partial charge in [-0.3, -0.25) is 9.59 Å². The van der Waals surface area contributed by atoms with Crippen molar-refractivity contribution in [1.29, 1.82) is 0 Å². The number of ketones is 1. The van der Waals surface area contributed by atoms with E-state index >= 15 is 4.39 Å². The number of benzene rings is 3. The molecule has 1 N–H and O–H groups in total. The van der Waals surface area contributed by atoms with Gasteiger partial charge in [0.2, 0.25) is 0 Å². The highest BCUT2D eigenvalue weighted by Crippen LogP contribution is 2.34. The van der Waals surface area contributed by atoms with Crippen molar-refractivity contribution in [3.8, 4) is 11.5 Å². The largest absolute Gasteiger partial charge is 0.468 e. The lowest BCUT2D eigenvalue weighted by Gasteiger charge is -2.30. The molecule has 3 aromatic carbocycles. The molecule has 0 bridgehead atoms. The van der Waals surface area contributed by atoms with Crippen LogP contribution in [0.4, 0.5) is 14.9 Å². The van der Waals surface area contributed by atoms with E-state index in [2.05, 4.69) is 5.32 Å². The Morgan fingerprint density at radius 1 is 0.796 bits per heavy atom. The fraction of sp³-hybridized carbons (Fsp3) is 0.450. The summed E-state index contributed by atoms with van der Waals surface area (Å²) in [6, 6.07) is 14.5. The van der Waals surface area contributed by atoms with Gasteiger partial charge in [0.05, 0.1) is 17.3 Å². The third-order valence-corrected chi connectivity index (χ3v) is 8.94. The van der Waals surface area contributed by atoms with Crippen LogP contribution in [0.1, 0.15) is 83.1 Å². The predicted molar refractivity (Wildman–Crippen MR) is 197 cm³/mol. The number of amides is 2. The van der Waals surface area contributed by atoms with Crippen molar-refractivity contribution >= 4 is 29.4 Å². The Morgan fingerprint density at radius 2 is 1.43 bits per heavy atom. The summed E-state index contributed by atoms with van der Waals surface area (Å²) in [7, 11) is 2.93. The molecule has 2 aliphatic rings. The van der Waals surface area contributed by atoms with Crippen molar-refractivity contribution in [1.82, 2.24) is 10.2 Å². The fourth-order valence-electron chi connectivity index (χ4n) is 6.30. The van der Waals surface area contributed by atoms with Gasteiger partial charge in [-0.2, -0.15) is 0 Å². The maximum absolute atomic E-state index is 16.0. The number of nitrogens with one attached hydrogen (secondary N) is 1. The van der Waals surface area contributed by atoms with E-state index in [9.17, 15) is 19.2 Å². The number of hydrogen-bond donors (Lipinski definition) is 1. The second-order valence-corrected chi connectivity index (χ2v) is 14.1. The van der Waals surface area contributed by atoms with Crippen molar-refractivity contribution in [2.45, 2.75) is 64.2 Å². The first-order valence-corrected chi connectivity index (χ1v) is 17.9. The van der Waals surface area contributed by atoms with E-state index in [0.717, 1.165) is 12.8 Å². The van der Waals surface area contributed by atoms with Crippen LogP contribution in [0.25, 0.3) is 0 Å². The highest BCUT2D eigenvalue weighted by atomic mass is 19.1. The minimum atomic E-state index is -0.817. The highest BCUT2D eigenvalue weighted by molar-refractivity contribution is 6.11. The van der Waals surface area contributed by atoms with Gasteiger partial charge in [-0.15, -0.1) is 0 Å². The van der Waals surface area contributed by atoms with E-state index in [1.54, 1.807) is 57.2 Å². The lowest BCUT2D eigenvalue weighted by molar-refractivity contribution is 0.0127. The quantitative estimate of drug-likeness (QED) is 0.125. The number of rotatable bonds is 13. The van der Waals surface area contributed by atoms with Crippen molar-refractivity contribution in [3.05, 3.63) is 88.7 Å². The molecule has 2 saturated heterocycles. The number of carbonyl (C=O) groups excluding carboxylic acids is 4. The van der Waals surface area contributed by atoms with Gasteiger partial charge < -0.3 is 43.5 Å². The predicted octanol–water partition coefficient (Wildman–Crippen LogP) is 5.98. The number of esters is 1. The van der Waals surface area contributed by atoms with Gasteiger partial charge in [-0.25, -0.2) is 14.0 Å². The summed E-state index contributed by atoms with van der Waals surface area (Å²) in [4.78, 5) is 57.3. The Morgan fingerprint density at radius 3 is 2.07 bits per heavy atom. The molecule has 13 nitrogen and oxygen atoms in total. The number of carbonyl (C=O) groups is 4. The summed E-state index contributed by atoms with van der Waals surface area (Å²) in [5, 5.41) is 2.95.